The van der Waals surface area contributed by atoms with Crippen LogP contribution in [0.2, 0.25) is 0 Å². The van der Waals surface area contributed by atoms with Crippen molar-refractivity contribution in [2.75, 3.05) is 0 Å². The van der Waals surface area contributed by atoms with Gasteiger partial charge in [0, 0.05) is 6.42 Å². The van der Waals surface area contributed by atoms with Gasteiger partial charge in [-0.1, -0.05) is 72.8 Å². The maximum absolute atomic E-state index is 10.6. The zero-order chi connectivity index (χ0) is 17.2. The van der Waals surface area contributed by atoms with E-state index in [-0.39, 0.29) is 6.42 Å². The fourth-order valence-electron chi connectivity index (χ4n) is 3.31. The molecule has 25 heavy (non-hydrogen) atoms. The quantitative estimate of drug-likeness (QED) is 0.544. The Morgan fingerprint density at radius 1 is 0.520 bits per heavy atom. The average molecular weight is 328 g/mol. The summed E-state index contributed by atoms with van der Waals surface area (Å²) in [6, 6.07) is 28.0. The summed E-state index contributed by atoms with van der Waals surface area (Å²) < 4.78 is 0. The van der Waals surface area contributed by atoms with Crippen molar-refractivity contribution in [1.82, 2.24) is 0 Å². The van der Waals surface area contributed by atoms with E-state index < -0.39 is 12.2 Å². The lowest BCUT2D eigenvalue weighted by Gasteiger charge is -2.17. The van der Waals surface area contributed by atoms with Crippen molar-refractivity contribution >= 4 is 21.5 Å². The summed E-state index contributed by atoms with van der Waals surface area (Å²) in [6.45, 7) is 0. The molecule has 0 saturated carbocycles. The van der Waals surface area contributed by atoms with Gasteiger partial charge in [0.2, 0.25) is 0 Å². The van der Waals surface area contributed by atoms with Gasteiger partial charge in [-0.2, -0.15) is 0 Å². The van der Waals surface area contributed by atoms with Crippen LogP contribution in [0, 0.1) is 0 Å². The van der Waals surface area contributed by atoms with Crippen LogP contribution in [0.25, 0.3) is 21.5 Å². The van der Waals surface area contributed by atoms with Crippen LogP contribution in [0.3, 0.4) is 0 Å². The molecule has 0 spiro atoms. The molecule has 0 heterocycles. The fourth-order valence-corrected chi connectivity index (χ4v) is 3.31. The Balaban J connectivity index is 1.56. The Morgan fingerprint density at radius 3 is 1.36 bits per heavy atom. The molecule has 0 aromatic heterocycles. The van der Waals surface area contributed by atoms with Gasteiger partial charge in [0.1, 0.15) is 0 Å². The normalized spacial score (nSPS) is 13.8. The Kier molecular flexibility index (Phi) is 4.22. The molecule has 0 unspecified atom stereocenters. The third kappa shape index (κ3) is 3.27. The molecular formula is C23H20O2. The summed E-state index contributed by atoms with van der Waals surface area (Å²) in [6.07, 6.45) is -1.13. The smallest absolute Gasteiger partial charge is 0.0818 e. The summed E-state index contributed by atoms with van der Waals surface area (Å²) in [4.78, 5) is 0. The van der Waals surface area contributed by atoms with Crippen molar-refractivity contribution in [2.45, 2.75) is 18.6 Å². The lowest BCUT2D eigenvalue weighted by molar-refractivity contribution is 0.0805. The average Bonchev–Trinajstić information content (AvgIpc) is 2.67. The molecule has 0 amide bonds. The van der Waals surface area contributed by atoms with Crippen molar-refractivity contribution in [3.05, 3.63) is 96.1 Å². The first-order chi connectivity index (χ1) is 12.2. The van der Waals surface area contributed by atoms with Gasteiger partial charge in [0.25, 0.3) is 0 Å². The highest BCUT2D eigenvalue weighted by Crippen LogP contribution is 2.29. The molecule has 4 rings (SSSR count). The molecule has 0 aliphatic heterocycles. The van der Waals surface area contributed by atoms with E-state index >= 15 is 0 Å². The standard InChI is InChI=1S/C23H20O2/c24-22(20-11-9-16-5-1-3-7-18(16)13-20)15-23(25)21-12-10-17-6-2-4-8-19(17)14-21/h1-14,22-25H,15H2/t22-,23-/m1/s1. The topological polar surface area (TPSA) is 40.5 Å². The third-order valence-corrected chi connectivity index (χ3v) is 4.76. The highest BCUT2D eigenvalue weighted by Gasteiger charge is 2.16. The van der Waals surface area contributed by atoms with Crippen LogP contribution < -0.4 is 0 Å². The zero-order valence-corrected chi connectivity index (χ0v) is 13.8. The predicted octanol–water partition coefficient (Wildman–Crippen LogP) is 5.15. The van der Waals surface area contributed by atoms with Crippen LogP contribution in [0.5, 0.6) is 0 Å². The van der Waals surface area contributed by atoms with E-state index in [0.717, 1.165) is 32.7 Å². The van der Waals surface area contributed by atoms with Gasteiger partial charge in [0.15, 0.2) is 0 Å². The van der Waals surface area contributed by atoms with Gasteiger partial charge in [-0.3, -0.25) is 0 Å². The molecule has 0 aliphatic carbocycles. The lowest BCUT2D eigenvalue weighted by Crippen LogP contribution is -2.06. The number of hydrogen-bond donors (Lipinski definition) is 2. The van der Waals surface area contributed by atoms with E-state index in [1.165, 1.54) is 0 Å². The van der Waals surface area contributed by atoms with Gasteiger partial charge < -0.3 is 10.2 Å². The second-order valence-electron chi connectivity index (χ2n) is 6.48. The van der Waals surface area contributed by atoms with Crippen LogP contribution in [-0.2, 0) is 0 Å². The molecule has 124 valence electrons. The molecule has 0 saturated heterocycles. The summed E-state index contributed by atoms with van der Waals surface area (Å²) in [5.41, 5.74) is 1.66. The molecule has 0 fully saturated rings. The van der Waals surface area contributed by atoms with Crippen molar-refractivity contribution in [3.8, 4) is 0 Å². The van der Waals surface area contributed by atoms with Crippen LogP contribution in [0.15, 0.2) is 84.9 Å². The van der Waals surface area contributed by atoms with Gasteiger partial charge in [-0.15, -0.1) is 0 Å². The minimum atomic E-state index is -0.703. The van der Waals surface area contributed by atoms with Crippen LogP contribution in [0.4, 0.5) is 0 Å². The molecule has 0 aliphatic rings. The number of rotatable bonds is 4. The van der Waals surface area contributed by atoms with Gasteiger partial charge >= 0.3 is 0 Å². The second kappa shape index (κ2) is 6.67. The summed E-state index contributed by atoms with van der Waals surface area (Å²) in [5.74, 6) is 0. The second-order valence-corrected chi connectivity index (χ2v) is 6.48. The zero-order valence-electron chi connectivity index (χ0n) is 13.8. The maximum atomic E-state index is 10.6. The van der Waals surface area contributed by atoms with Gasteiger partial charge in [-0.25, -0.2) is 0 Å². The molecule has 2 N–H and O–H groups in total. The first kappa shape index (κ1) is 15.8. The van der Waals surface area contributed by atoms with Crippen molar-refractivity contribution < 1.29 is 10.2 Å². The number of fused-ring (bicyclic) bond motifs is 2. The molecule has 0 bridgehead atoms. The number of hydrogen-bond acceptors (Lipinski definition) is 2. The predicted molar refractivity (Wildman–Crippen MR) is 102 cm³/mol. The highest BCUT2D eigenvalue weighted by molar-refractivity contribution is 5.83. The van der Waals surface area contributed by atoms with Gasteiger partial charge in [0.05, 0.1) is 12.2 Å². The maximum Gasteiger partial charge on any atom is 0.0818 e. The first-order valence-corrected chi connectivity index (χ1v) is 8.54. The lowest BCUT2D eigenvalue weighted by atomic mass is 9.96. The number of aliphatic hydroxyl groups is 2. The van der Waals surface area contributed by atoms with E-state index in [4.69, 9.17) is 0 Å². The van der Waals surface area contributed by atoms with Crippen molar-refractivity contribution in [1.29, 1.82) is 0 Å². The largest absolute Gasteiger partial charge is 0.388 e. The van der Waals surface area contributed by atoms with E-state index in [2.05, 4.69) is 12.1 Å². The molecule has 4 aromatic rings. The van der Waals surface area contributed by atoms with Crippen LogP contribution in [-0.4, -0.2) is 10.2 Å². The minimum Gasteiger partial charge on any atom is -0.388 e. The van der Waals surface area contributed by atoms with E-state index in [0.29, 0.717) is 0 Å². The van der Waals surface area contributed by atoms with E-state index in [1.807, 2.05) is 72.8 Å². The Labute approximate surface area is 147 Å². The first-order valence-electron chi connectivity index (χ1n) is 8.54. The third-order valence-electron chi connectivity index (χ3n) is 4.76. The molecule has 2 heteroatoms. The van der Waals surface area contributed by atoms with E-state index in [9.17, 15) is 10.2 Å². The van der Waals surface area contributed by atoms with Crippen LogP contribution in [0.1, 0.15) is 29.8 Å². The molecule has 2 nitrogen and oxygen atoms in total. The Hall–Kier alpha value is -2.68. The highest BCUT2D eigenvalue weighted by atomic mass is 16.3. The summed E-state index contributed by atoms with van der Waals surface area (Å²) in [5, 5.41) is 25.6. The van der Waals surface area contributed by atoms with E-state index in [1.54, 1.807) is 0 Å². The monoisotopic (exact) mass is 328 g/mol. The molecule has 0 radical (unpaired) electrons. The number of benzene rings is 4. The molecule has 2 atom stereocenters. The fraction of sp³-hybridized carbons (Fsp3) is 0.130. The van der Waals surface area contributed by atoms with Crippen molar-refractivity contribution in [2.24, 2.45) is 0 Å². The number of aliphatic hydroxyl groups excluding tert-OH is 2. The van der Waals surface area contributed by atoms with Crippen LogP contribution >= 0.6 is 0 Å². The Bertz CT molecular complexity index is 939. The molecule has 4 aromatic carbocycles. The Morgan fingerprint density at radius 2 is 0.920 bits per heavy atom. The minimum absolute atomic E-state index is 0.274. The summed E-state index contributed by atoms with van der Waals surface area (Å²) in [7, 11) is 0. The summed E-state index contributed by atoms with van der Waals surface area (Å²) >= 11 is 0. The molecular weight excluding hydrogens is 308 g/mol. The van der Waals surface area contributed by atoms with Crippen molar-refractivity contribution in [3.63, 3.8) is 0 Å². The SMILES string of the molecule is O[C@H](C[C@@H](O)c1ccc2ccccc2c1)c1ccc2ccccc2c1. The van der Waals surface area contributed by atoms with Gasteiger partial charge in [-0.05, 0) is 44.8 Å².